The Morgan fingerprint density at radius 1 is 1.26 bits per heavy atom. The van der Waals surface area contributed by atoms with Crippen LogP contribution >= 0.6 is 0 Å². The van der Waals surface area contributed by atoms with Crippen molar-refractivity contribution in [3.8, 4) is 5.75 Å². The molecule has 0 spiro atoms. The van der Waals surface area contributed by atoms with Crippen LogP contribution in [-0.4, -0.2) is 86.5 Å². The molecule has 0 saturated carbocycles. The number of amides is 3. The Labute approximate surface area is 205 Å². The number of nitrogens with one attached hydrogen (secondary N) is 2. The molecular weight excluding hydrogens is 465 g/mol. The molecule has 0 saturated heterocycles. The summed E-state index contributed by atoms with van der Waals surface area (Å²) in [6.45, 7) is 7.89. The van der Waals surface area contributed by atoms with Crippen LogP contribution in [0.15, 0.2) is 18.2 Å². The largest absolute Gasteiger partial charge is 0.491 e. The summed E-state index contributed by atoms with van der Waals surface area (Å²) in [7, 11) is 3.16. The van der Waals surface area contributed by atoms with Gasteiger partial charge in [0, 0.05) is 51.6 Å². The number of rotatable bonds is 5. The number of hydrogen-bond acceptors (Lipinski definition) is 5. The fraction of sp³-hybridized carbons (Fsp3) is 0.667. The summed E-state index contributed by atoms with van der Waals surface area (Å²) in [6, 6.07) is 3.93. The van der Waals surface area contributed by atoms with Gasteiger partial charge in [-0.15, -0.1) is 0 Å². The van der Waals surface area contributed by atoms with Gasteiger partial charge in [-0.05, 0) is 44.9 Å². The Morgan fingerprint density at radius 3 is 2.54 bits per heavy atom. The lowest BCUT2D eigenvalue weighted by atomic mass is 10.0. The van der Waals surface area contributed by atoms with Crippen molar-refractivity contribution in [2.24, 2.45) is 5.92 Å². The van der Waals surface area contributed by atoms with Crippen LogP contribution in [0.5, 0.6) is 5.75 Å². The second kappa shape index (κ2) is 12.4. The molecule has 2 rings (SSSR count). The number of benzene rings is 1. The first-order chi connectivity index (χ1) is 16.3. The minimum atomic E-state index is -4.27. The summed E-state index contributed by atoms with van der Waals surface area (Å²) < 4.78 is 50.4. The molecule has 1 aliphatic rings. The molecule has 0 aromatic heterocycles. The highest BCUT2D eigenvalue weighted by Gasteiger charge is 2.32. The van der Waals surface area contributed by atoms with Gasteiger partial charge in [-0.2, -0.15) is 13.2 Å². The van der Waals surface area contributed by atoms with Crippen molar-refractivity contribution in [2.45, 2.75) is 58.5 Å². The van der Waals surface area contributed by atoms with Crippen LogP contribution < -0.4 is 15.4 Å². The van der Waals surface area contributed by atoms with Gasteiger partial charge >= 0.3 is 12.2 Å². The summed E-state index contributed by atoms with van der Waals surface area (Å²) in [5.41, 5.74) is 0.655. The van der Waals surface area contributed by atoms with Crippen LogP contribution in [0.1, 0.15) is 44.5 Å². The summed E-state index contributed by atoms with van der Waals surface area (Å²) in [5, 5.41) is 5.42. The lowest BCUT2D eigenvalue weighted by Crippen LogP contribution is -2.47. The number of methoxy groups -OCH3 is 1. The van der Waals surface area contributed by atoms with Crippen LogP contribution in [-0.2, 0) is 4.74 Å². The topological polar surface area (TPSA) is 83.1 Å². The summed E-state index contributed by atoms with van der Waals surface area (Å²) >= 11 is 0. The number of ether oxygens (including phenoxy) is 2. The fourth-order valence-electron chi connectivity index (χ4n) is 3.94. The summed E-state index contributed by atoms with van der Waals surface area (Å²) in [4.78, 5) is 28.7. The van der Waals surface area contributed by atoms with E-state index in [1.165, 1.54) is 18.1 Å². The zero-order valence-corrected chi connectivity index (χ0v) is 21.2. The zero-order valence-electron chi connectivity index (χ0n) is 21.2. The number of halogens is 3. The third-order valence-electron chi connectivity index (χ3n) is 5.93. The quantitative estimate of drug-likeness (QED) is 0.637. The number of nitrogens with zero attached hydrogens (tertiary/aromatic N) is 2. The summed E-state index contributed by atoms with van der Waals surface area (Å²) in [6.07, 6.45) is -5.57. The van der Waals surface area contributed by atoms with Crippen molar-refractivity contribution in [1.82, 2.24) is 15.1 Å². The van der Waals surface area contributed by atoms with Crippen LogP contribution in [0, 0.1) is 5.92 Å². The lowest BCUT2D eigenvalue weighted by molar-refractivity contribution is -0.140. The van der Waals surface area contributed by atoms with Crippen LogP contribution in [0.4, 0.5) is 23.7 Å². The smallest absolute Gasteiger partial charge is 0.390 e. The maximum absolute atomic E-state index is 13.3. The van der Waals surface area contributed by atoms with Gasteiger partial charge < -0.3 is 25.0 Å². The van der Waals surface area contributed by atoms with Crippen molar-refractivity contribution in [2.75, 3.05) is 45.7 Å². The first-order valence-corrected chi connectivity index (χ1v) is 11.7. The molecule has 35 heavy (non-hydrogen) atoms. The van der Waals surface area contributed by atoms with E-state index >= 15 is 0 Å². The third kappa shape index (κ3) is 8.88. The van der Waals surface area contributed by atoms with Crippen molar-refractivity contribution >= 4 is 17.6 Å². The van der Waals surface area contributed by atoms with E-state index in [9.17, 15) is 22.8 Å². The number of urea groups is 1. The van der Waals surface area contributed by atoms with E-state index in [1.807, 2.05) is 20.8 Å². The predicted octanol–water partition coefficient (Wildman–Crippen LogP) is 3.97. The molecule has 8 nitrogen and oxygen atoms in total. The Bertz CT molecular complexity index is 866. The molecule has 1 aromatic carbocycles. The van der Waals surface area contributed by atoms with E-state index in [0.717, 1.165) is 0 Å². The molecule has 1 heterocycles. The Kier molecular flexibility index (Phi) is 10.2. The maximum Gasteiger partial charge on any atom is 0.390 e. The minimum absolute atomic E-state index is 0.0647. The van der Waals surface area contributed by atoms with Gasteiger partial charge in [0.15, 0.2) is 0 Å². The van der Waals surface area contributed by atoms with Gasteiger partial charge in [-0.3, -0.25) is 9.69 Å². The molecule has 0 fully saturated rings. The Hall–Kier alpha value is -2.53. The molecule has 198 valence electrons. The van der Waals surface area contributed by atoms with Gasteiger partial charge in [0.05, 0.1) is 18.1 Å². The van der Waals surface area contributed by atoms with Crippen molar-refractivity contribution in [3.63, 3.8) is 0 Å². The number of anilines is 1. The molecule has 0 radical (unpaired) electrons. The molecule has 0 bridgehead atoms. The van der Waals surface area contributed by atoms with Crippen LogP contribution in [0.2, 0.25) is 0 Å². The van der Waals surface area contributed by atoms with Crippen molar-refractivity contribution in [3.05, 3.63) is 23.8 Å². The van der Waals surface area contributed by atoms with E-state index in [0.29, 0.717) is 18.0 Å². The second-order valence-electron chi connectivity index (χ2n) is 9.42. The van der Waals surface area contributed by atoms with E-state index < -0.39 is 18.6 Å². The zero-order chi connectivity index (χ0) is 26.3. The second-order valence-corrected chi connectivity index (χ2v) is 9.42. The monoisotopic (exact) mass is 502 g/mol. The van der Waals surface area contributed by atoms with Crippen LogP contribution in [0.25, 0.3) is 0 Å². The van der Waals surface area contributed by atoms with E-state index in [1.54, 1.807) is 31.0 Å². The number of carbonyl (C=O) groups excluding carboxylic acids is 2. The molecular formula is C24H37F3N4O4. The first kappa shape index (κ1) is 28.7. The fourth-order valence-corrected chi connectivity index (χ4v) is 3.94. The molecule has 3 atom stereocenters. The van der Waals surface area contributed by atoms with E-state index in [2.05, 4.69) is 10.6 Å². The number of carbonyl (C=O) groups is 2. The molecule has 1 aromatic rings. The van der Waals surface area contributed by atoms with Gasteiger partial charge in [0.25, 0.3) is 5.91 Å². The van der Waals surface area contributed by atoms with E-state index in [4.69, 9.17) is 9.47 Å². The van der Waals surface area contributed by atoms with Gasteiger partial charge in [-0.25, -0.2) is 4.79 Å². The Morgan fingerprint density at radius 2 is 1.94 bits per heavy atom. The number of alkyl halides is 3. The lowest BCUT2D eigenvalue weighted by Gasteiger charge is -2.36. The normalized spacial score (nSPS) is 22.6. The van der Waals surface area contributed by atoms with Gasteiger partial charge in [0.2, 0.25) is 0 Å². The SMILES string of the molecule is CO[C@@H]1CN(C)C(=O)c2cc(NC(=O)NC(C)C)ccc2OC[C@H](C)N(CCC(F)(F)F)C[C@H]1C. The van der Waals surface area contributed by atoms with Crippen LogP contribution in [0.3, 0.4) is 0 Å². The molecule has 0 aliphatic carbocycles. The molecule has 1 aliphatic heterocycles. The van der Waals surface area contributed by atoms with Gasteiger partial charge in [0.1, 0.15) is 12.4 Å². The Balaban J connectivity index is 2.37. The standard InChI is InChI=1S/C24H37F3N4O4/c1-15(2)28-23(33)29-18-7-8-20-19(11-18)22(32)30(5)13-21(34-6)16(3)12-31(17(4)14-35-20)10-9-24(25,26)27/h7-8,11,15-17,21H,9-10,12-14H2,1-6H3,(H2,28,29,33)/t16-,17+,21-/m1/s1. The summed E-state index contributed by atoms with van der Waals surface area (Å²) in [5.74, 6) is -0.163. The molecule has 11 heteroatoms. The van der Waals surface area contributed by atoms with E-state index in [-0.39, 0.29) is 55.3 Å². The predicted molar refractivity (Wildman–Crippen MR) is 128 cm³/mol. The molecule has 3 amide bonds. The third-order valence-corrected chi connectivity index (χ3v) is 5.93. The highest BCUT2D eigenvalue weighted by molar-refractivity contribution is 5.99. The highest BCUT2D eigenvalue weighted by atomic mass is 19.4. The van der Waals surface area contributed by atoms with Crippen molar-refractivity contribution in [1.29, 1.82) is 0 Å². The molecule has 0 unspecified atom stereocenters. The van der Waals surface area contributed by atoms with Crippen molar-refractivity contribution < 1.29 is 32.2 Å². The highest BCUT2D eigenvalue weighted by Crippen LogP contribution is 2.27. The maximum atomic E-state index is 13.3. The molecule has 2 N–H and O–H groups in total. The number of fused-ring (bicyclic) bond motifs is 1. The minimum Gasteiger partial charge on any atom is -0.491 e. The average Bonchev–Trinajstić information content (AvgIpc) is 2.76. The number of hydrogen-bond donors (Lipinski definition) is 2. The van der Waals surface area contributed by atoms with Gasteiger partial charge in [-0.1, -0.05) is 6.92 Å². The average molecular weight is 503 g/mol. The number of likely N-dealkylation sites (N-methyl/N-ethyl adjacent to an activating group) is 1. The first-order valence-electron chi connectivity index (χ1n) is 11.7.